The van der Waals surface area contributed by atoms with Gasteiger partial charge in [0.25, 0.3) is 0 Å². The van der Waals surface area contributed by atoms with Crippen molar-refractivity contribution in [2.24, 2.45) is 5.41 Å². The van der Waals surface area contributed by atoms with Crippen molar-refractivity contribution in [1.82, 2.24) is 30.0 Å². The first kappa shape index (κ1) is 27.4. The van der Waals surface area contributed by atoms with E-state index in [0.29, 0.717) is 0 Å². The van der Waals surface area contributed by atoms with Crippen LogP contribution in [0, 0.1) is 5.41 Å². The van der Waals surface area contributed by atoms with Gasteiger partial charge in [-0.05, 0) is 56.3 Å². The number of nitrogens with one attached hydrogen (secondary N) is 3. The SMILES string of the molecule is C=C(Nc1cncc(/C(C)=C/C=c2/[nH]nc(-c3cc4c(N5CCN(C)CC5)ccnc4[nH]3)/c2=C\C)c1)C(C)(C)C. The van der Waals surface area contributed by atoms with Gasteiger partial charge in [0.2, 0.25) is 0 Å². The summed E-state index contributed by atoms with van der Waals surface area (Å²) in [4.78, 5) is 17.4. The van der Waals surface area contributed by atoms with Crippen LogP contribution in [-0.4, -0.2) is 63.3 Å². The lowest BCUT2D eigenvalue weighted by Gasteiger charge is -2.34. The van der Waals surface area contributed by atoms with Gasteiger partial charge in [-0.2, -0.15) is 5.10 Å². The summed E-state index contributed by atoms with van der Waals surface area (Å²) in [6, 6.07) is 6.40. The van der Waals surface area contributed by atoms with Crippen LogP contribution < -0.4 is 20.8 Å². The molecule has 8 nitrogen and oxygen atoms in total. The fraction of sp³-hybridized carbons (Fsp3) is 0.344. The Morgan fingerprint density at radius 1 is 1.12 bits per heavy atom. The number of hydrogen-bond acceptors (Lipinski definition) is 6. The Morgan fingerprint density at radius 3 is 2.62 bits per heavy atom. The fourth-order valence-corrected chi connectivity index (χ4v) is 4.84. The average molecular weight is 537 g/mol. The van der Waals surface area contributed by atoms with Crippen LogP contribution >= 0.6 is 0 Å². The zero-order valence-corrected chi connectivity index (χ0v) is 24.5. The van der Waals surface area contributed by atoms with E-state index in [9.17, 15) is 0 Å². The van der Waals surface area contributed by atoms with E-state index in [1.807, 2.05) is 25.5 Å². The molecule has 0 atom stereocenters. The minimum atomic E-state index is -0.0345. The highest BCUT2D eigenvalue weighted by atomic mass is 15.2. The molecule has 0 radical (unpaired) electrons. The Kier molecular flexibility index (Phi) is 7.63. The minimum absolute atomic E-state index is 0.0345. The maximum Gasteiger partial charge on any atom is 0.139 e. The first-order chi connectivity index (χ1) is 19.1. The highest BCUT2D eigenvalue weighted by Gasteiger charge is 2.19. The van der Waals surface area contributed by atoms with Gasteiger partial charge in [0.05, 0.1) is 22.9 Å². The van der Waals surface area contributed by atoms with E-state index in [0.717, 1.165) is 81.7 Å². The van der Waals surface area contributed by atoms with Crippen molar-refractivity contribution < 1.29 is 0 Å². The summed E-state index contributed by atoms with van der Waals surface area (Å²) in [5, 5.41) is 14.5. The molecule has 1 saturated heterocycles. The quantitative estimate of drug-likeness (QED) is 0.329. The van der Waals surface area contributed by atoms with Crippen molar-refractivity contribution >= 4 is 40.1 Å². The largest absolute Gasteiger partial charge is 0.368 e. The van der Waals surface area contributed by atoms with Crippen LogP contribution in [0.25, 0.3) is 40.1 Å². The van der Waals surface area contributed by atoms with E-state index >= 15 is 0 Å². The van der Waals surface area contributed by atoms with Gasteiger partial charge in [-0.15, -0.1) is 0 Å². The summed E-state index contributed by atoms with van der Waals surface area (Å²) < 4.78 is 0. The lowest BCUT2D eigenvalue weighted by atomic mass is 9.93. The molecule has 0 aromatic carbocycles. The number of piperazine rings is 1. The van der Waals surface area contributed by atoms with E-state index in [-0.39, 0.29) is 5.41 Å². The van der Waals surface area contributed by atoms with Gasteiger partial charge in [0.1, 0.15) is 11.3 Å². The van der Waals surface area contributed by atoms with Crippen LogP contribution in [0.4, 0.5) is 11.4 Å². The number of allylic oxidation sites excluding steroid dienone is 3. The van der Waals surface area contributed by atoms with Crippen LogP contribution in [-0.2, 0) is 0 Å². The topological polar surface area (TPSA) is 88.8 Å². The van der Waals surface area contributed by atoms with Gasteiger partial charge < -0.3 is 20.1 Å². The third-order valence-corrected chi connectivity index (χ3v) is 7.62. The molecule has 0 aliphatic carbocycles. The van der Waals surface area contributed by atoms with E-state index in [4.69, 9.17) is 5.10 Å². The molecular formula is C32H40N8. The molecule has 0 amide bonds. The number of pyridine rings is 2. The summed E-state index contributed by atoms with van der Waals surface area (Å²) in [5.41, 5.74) is 7.94. The molecule has 0 spiro atoms. The predicted octanol–water partition coefficient (Wildman–Crippen LogP) is 4.76. The molecule has 0 bridgehead atoms. The lowest BCUT2D eigenvalue weighted by molar-refractivity contribution is 0.313. The van der Waals surface area contributed by atoms with E-state index < -0.39 is 0 Å². The lowest BCUT2D eigenvalue weighted by Crippen LogP contribution is -2.44. The first-order valence-electron chi connectivity index (χ1n) is 13.9. The number of rotatable bonds is 6. The number of likely N-dealkylation sites (N-methyl/N-ethyl adjacent to an activating group) is 1. The number of aromatic nitrogens is 5. The number of aromatic amines is 2. The number of H-pyrrole nitrogens is 2. The Morgan fingerprint density at radius 2 is 1.90 bits per heavy atom. The number of fused-ring (bicyclic) bond motifs is 1. The van der Waals surface area contributed by atoms with Crippen LogP contribution in [0.5, 0.6) is 0 Å². The highest BCUT2D eigenvalue weighted by Crippen LogP contribution is 2.29. The van der Waals surface area contributed by atoms with Crippen LogP contribution in [0.2, 0.25) is 0 Å². The van der Waals surface area contributed by atoms with Gasteiger partial charge in [-0.25, -0.2) is 4.98 Å². The van der Waals surface area contributed by atoms with Gasteiger partial charge in [0, 0.05) is 66.0 Å². The smallest absolute Gasteiger partial charge is 0.139 e. The summed E-state index contributed by atoms with van der Waals surface area (Å²) in [6.07, 6.45) is 11.9. The average Bonchev–Trinajstić information content (AvgIpc) is 3.55. The van der Waals surface area contributed by atoms with Crippen LogP contribution in [0.3, 0.4) is 0 Å². The number of nitrogens with zero attached hydrogens (tertiary/aromatic N) is 5. The third-order valence-electron chi connectivity index (χ3n) is 7.62. The fourth-order valence-electron chi connectivity index (χ4n) is 4.84. The third kappa shape index (κ3) is 5.72. The van der Waals surface area contributed by atoms with E-state index in [1.165, 1.54) is 5.69 Å². The molecule has 0 unspecified atom stereocenters. The van der Waals surface area contributed by atoms with Crippen LogP contribution in [0.15, 0.2) is 55.1 Å². The van der Waals surface area contributed by atoms with Gasteiger partial charge in [0.15, 0.2) is 0 Å². The minimum Gasteiger partial charge on any atom is -0.368 e. The normalized spacial score (nSPS) is 16.2. The van der Waals surface area contributed by atoms with Crippen LogP contribution in [0.1, 0.15) is 40.2 Å². The van der Waals surface area contributed by atoms with Crippen molar-refractivity contribution in [3.63, 3.8) is 0 Å². The molecule has 0 saturated carbocycles. The Labute approximate surface area is 236 Å². The van der Waals surface area contributed by atoms with Gasteiger partial charge in [-0.3, -0.25) is 10.1 Å². The molecule has 1 aliphatic heterocycles. The Hall–Kier alpha value is -4.17. The highest BCUT2D eigenvalue weighted by molar-refractivity contribution is 5.93. The molecule has 1 fully saturated rings. The zero-order valence-electron chi connectivity index (χ0n) is 24.5. The Bertz CT molecular complexity index is 1670. The second-order valence-corrected chi connectivity index (χ2v) is 11.6. The molecule has 4 aromatic heterocycles. The molecule has 1 aliphatic rings. The number of anilines is 2. The van der Waals surface area contributed by atoms with Crippen molar-refractivity contribution in [1.29, 1.82) is 0 Å². The van der Waals surface area contributed by atoms with E-state index in [1.54, 1.807) is 0 Å². The van der Waals surface area contributed by atoms with Crippen molar-refractivity contribution in [2.45, 2.75) is 34.6 Å². The molecule has 208 valence electrons. The van der Waals surface area contributed by atoms with Crippen molar-refractivity contribution in [2.75, 3.05) is 43.4 Å². The van der Waals surface area contributed by atoms with Gasteiger partial charge >= 0.3 is 0 Å². The zero-order chi connectivity index (χ0) is 28.4. The molecule has 3 N–H and O–H groups in total. The van der Waals surface area contributed by atoms with E-state index in [2.05, 4.69) is 113 Å². The number of hydrogen-bond donors (Lipinski definition) is 3. The van der Waals surface area contributed by atoms with Crippen molar-refractivity contribution in [3.8, 4) is 11.4 Å². The second-order valence-electron chi connectivity index (χ2n) is 11.6. The molecule has 40 heavy (non-hydrogen) atoms. The monoisotopic (exact) mass is 536 g/mol. The molecular weight excluding hydrogens is 496 g/mol. The summed E-state index contributed by atoms with van der Waals surface area (Å²) in [5.74, 6) is 0. The molecule has 5 rings (SSSR count). The maximum absolute atomic E-state index is 4.70. The molecule has 4 aromatic rings. The first-order valence-corrected chi connectivity index (χ1v) is 13.9. The van der Waals surface area contributed by atoms with Gasteiger partial charge in [-0.1, -0.05) is 39.5 Å². The van der Waals surface area contributed by atoms with Crippen molar-refractivity contribution in [3.05, 3.63) is 71.3 Å². The second kappa shape index (κ2) is 11.1. The summed E-state index contributed by atoms with van der Waals surface area (Å²) in [6.45, 7) is 18.9. The maximum atomic E-state index is 4.70. The summed E-state index contributed by atoms with van der Waals surface area (Å²) in [7, 11) is 2.18. The standard InChI is InChI=1S/C32H40N8/c1-8-25-27(10-9-21(2)23-17-24(20-33-19-23)35-22(3)32(4,5)6)37-38-30(25)28-18-26-29(11-12-34-31(26)36-28)40-15-13-39(7)14-16-40/h8-12,17-20,35,37H,3,13-16H2,1-2,4-7H3,(H,34,36)/b21-9+,25-8-,27-10+. The predicted molar refractivity (Wildman–Crippen MR) is 167 cm³/mol. The summed E-state index contributed by atoms with van der Waals surface area (Å²) >= 11 is 0. The Balaban J connectivity index is 1.44. The molecule has 5 heterocycles. The molecule has 8 heteroatoms.